The third kappa shape index (κ3) is 2.20. The highest BCUT2D eigenvalue weighted by Crippen LogP contribution is 2.26. The molecule has 0 bridgehead atoms. The average Bonchev–Trinajstić information content (AvgIpc) is 2.74. The lowest BCUT2D eigenvalue weighted by molar-refractivity contribution is 0.400. The van der Waals surface area contributed by atoms with Crippen molar-refractivity contribution in [1.82, 2.24) is 10.3 Å². The van der Waals surface area contributed by atoms with Crippen LogP contribution < -0.4 is 5.32 Å². The quantitative estimate of drug-likeness (QED) is 0.837. The Bertz CT molecular complexity index is 512. The first-order valence-electron chi connectivity index (χ1n) is 6.32. The summed E-state index contributed by atoms with van der Waals surface area (Å²) in [6.45, 7) is 1.16. The molecule has 1 aliphatic rings. The number of rotatable bonds is 2. The number of fused-ring (bicyclic) bond motifs is 1. The second-order valence-corrected chi connectivity index (χ2v) is 5.23. The summed E-state index contributed by atoms with van der Waals surface area (Å²) in [5, 5.41) is 5.55. The predicted molar refractivity (Wildman–Crippen MR) is 72.7 cm³/mol. The number of H-pyrrole nitrogens is 1. The van der Waals surface area contributed by atoms with Crippen LogP contribution in [0.3, 0.4) is 0 Å². The van der Waals surface area contributed by atoms with Gasteiger partial charge in [0.15, 0.2) is 0 Å². The molecule has 0 aliphatic carbocycles. The third-order valence-corrected chi connectivity index (χ3v) is 3.94. The molecule has 2 aromatic rings. The van der Waals surface area contributed by atoms with Crippen LogP contribution in [0.1, 0.15) is 24.8 Å². The molecule has 2 heterocycles. The van der Waals surface area contributed by atoms with E-state index in [0.717, 1.165) is 23.4 Å². The molecule has 1 fully saturated rings. The van der Waals surface area contributed by atoms with E-state index in [4.69, 9.17) is 11.6 Å². The Morgan fingerprint density at radius 1 is 1.29 bits per heavy atom. The molecule has 1 unspecified atom stereocenters. The van der Waals surface area contributed by atoms with Crippen LogP contribution in [-0.2, 0) is 6.42 Å². The maximum Gasteiger partial charge on any atom is 0.0659 e. The van der Waals surface area contributed by atoms with Crippen LogP contribution in [0.5, 0.6) is 0 Å². The highest BCUT2D eigenvalue weighted by Gasteiger charge is 2.15. The second kappa shape index (κ2) is 4.71. The zero-order valence-corrected chi connectivity index (χ0v) is 10.6. The lowest BCUT2D eigenvalue weighted by Crippen LogP contribution is -2.35. The molecule has 17 heavy (non-hydrogen) atoms. The molecule has 1 atom stereocenters. The van der Waals surface area contributed by atoms with Crippen molar-refractivity contribution in [3.63, 3.8) is 0 Å². The van der Waals surface area contributed by atoms with Crippen molar-refractivity contribution in [3.05, 3.63) is 35.0 Å². The van der Waals surface area contributed by atoms with Crippen molar-refractivity contribution >= 4 is 22.5 Å². The molecular formula is C14H17ClN2. The summed E-state index contributed by atoms with van der Waals surface area (Å²) < 4.78 is 0. The summed E-state index contributed by atoms with van der Waals surface area (Å²) >= 11 is 6.14. The van der Waals surface area contributed by atoms with Crippen molar-refractivity contribution in [1.29, 1.82) is 0 Å². The Labute approximate surface area is 106 Å². The van der Waals surface area contributed by atoms with Crippen molar-refractivity contribution in [2.75, 3.05) is 6.54 Å². The molecule has 1 aromatic heterocycles. The first-order chi connectivity index (χ1) is 8.34. The van der Waals surface area contributed by atoms with Gasteiger partial charge < -0.3 is 10.3 Å². The molecule has 2 nitrogen and oxygen atoms in total. The number of halogens is 1. The van der Waals surface area contributed by atoms with Crippen molar-refractivity contribution < 1.29 is 0 Å². The van der Waals surface area contributed by atoms with Gasteiger partial charge in [0, 0.05) is 17.6 Å². The Kier molecular flexibility index (Phi) is 3.08. The molecule has 3 heteroatoms. The number of para-hydroxylation sites is 1. The fourth-order valence-corrected chi connectivity index (χ4v) is 2.93. The van der Waals surface area contributed by atoms with E-state index in [1.165, 1.54) is 30.3 Å². The number of nitrogens with one attached hydrogen (secondary N) is 2. The van der Waals surface area contributed by atoms with Gasteiger partial charge in [0.2, 0.25) is 0 Å². The number of piperidine rings is 1. The predicted octanol–water partition coefficient (Wildman–Crippen LogP) is 3.51. The van der Waals surface area contributed by atoms with E-state index in [-0.39, 0.29) is 0 Å². The van der Waals surface area contributed by atoms with Gasteiger partial charge in [-0.2, -0.15) is 0 Å². The highest BCUT2D eigenvalue weighted by molar-refractivity contribution is 6.35. The second-order valence-electron chi connectivity index (χ2n) is 4.83. The van der Waals surface area contributed by atoms with Gasteiger partial charge >= 0.3 is 0 Å². The summed E-state index contributed by atoms with van der Waals surface area (Å²) in [5.74, 6) is 0. The Morgan fingerprint density at radius 2 is 2.24 bits per heavy atom. The van der Waals surface area contributed by atoms with Crippen LogP contribution in [0.25, 0.3) is 10.9 Å². The van der Waals surface area contributed by atoms with E-state index >= 15 is 0 Å². The van der Waals surface area contributed by atoms with Crippen LogP contribution >= 0.6 is 11.6 Å². The largest absolute Gasteiger partial charge is 0.360 e. The van der Waals surface area contributed by atoms with Gasteiger partial charge in [0.25, 0.3) is 0 Å². The summed E-state index contributed by atoms with van der Waals surface area (Å²) in [6, 6.07) is 6.99. The van der Waals surface area contributed by atoms with E-state index < -0.39 is 0 Å². The molecule has 0 radical (unpaired) electrons. The van der Waals surface area contributed by atoms with Crippen LogP contribution in [0.2, 0.25) is 5.02 Å². The lowest BCUT2D eigenvalue weighted by atomic mass is 9.97. The SMILES string of the molecule is Clc1c[nH]c2c(CC3CCCCN3)cccc12. The van der Waals surface area contributed by atoms with Gasteiger partial charge in [-0.25, -0.2) is 0 Å². The molecule has 0 saturated carbocycles. The van der Waals surface area contributed by atoms with E-state index in [2.05, 4.69) is 28.5 Å². The molecule has 3 rings (SSSR count). The molecule has 2 N–H and O–H groups in total. The molecular weight excluding hydrogens is 232 g/mol. The smallest absolute Gasteiger partial charge is 0.0659 e. The third-order valence-electron chi connectivity index (χ3n) is 3.63. The zero-order valence-electron chi connectivity index (χ0n) is 9.80. The first kappa shape index (κ1) is 11.1. The van der Waals surface area contributed by atoms with Gasteiger partial charge in [0.05, 0.1) is 10.5 Å². The average molecular weight is 249 g/mol. The summed E-state index contributed by atoms with van der Waals surface area (Å²) in [5.41, 5.74) is 2.57. The lowest BCUT2D eigenvalue weighted by Gasteiger charge is -2.23. The fraction of sp³-hybridized carbons (Fsp3) is 0.429. The fourth-order valence-electron chi connectivity index (χ4n) is 2.72. The van der Waals surface area contributed by atoms with E-state index in [0.29, 0.717) is 6.04 Å². The van der Waals surface area contributed by atoms with Crippen LogP contribution in [-0.4, -0.2) is 17.6 Å². The minimum Gasteiger partial charge on any atom is -0.360 e. The van der Waals surface area contributed by atoms with Gasteiger partial charge in [-0.3, -0.25) is 0 Å². The summed E-state index contributed by atoms with van der Waals surface area (Å²) in [7, 11) is 0. The maximum atomic E-state index is 6.14. The number of aromatic amines is 1. The Morgan fingerprint density at radius 3 is 3.06 bits per heavy atom. The topological polar surface area (TPSA) is 27.8 Å². The molecule has 90 valence electrons. The Hall–Kier alpha value is -0.990. The van der Waals surface area contributed by atoms with E-state index in [1.54, 1.807) is 0 Å². The summed E-state index contributed by atoms with van der Waals surface area (Å²) in [6.07, 6.45) is 6.91. The van der Waals surface area contributed by atoms with Crippen LogP contribution in [0, 0.1) is 0 Å². The van der Waals surface area contributed by atoms with E-state index in [9.17, 15) is 0 Å². The normalized spacial score (nSPS) is 20.9. The minimum absolute atomic E-state index is 0.622. The summed E-state index contributed by atoms with van der Waals surface area (Å²) in [4.78, 5) is 3.29. The van der Waals surface area contributed by atoms with Crippen LogP contribution in [0.15, 0.2) is 24.4 Å². The maximum absolute atomic E-state index is 6.14. The minimum atomic E-state index is 0.622. The Balaban J connectivity index is 1.89. The number of hydrogen-bond acceptors (Lipinski definition) is 1. The van der Waals surface area contributed by atoms with Crippen molar-refractivity contribution in [2.24, 2.45) is 0 Å². The van der Waals surface area contributed by atoms with Gasteiger partial charge in [0.1, 0.15) is 0 Å². The molecule has 1 aromatic carbocycles. The standard InChI is InChI=1S/C14H17ClN2/c15-13-9-17-14-10(4-3-6-12(13)14)8-11-5-1-2-7-16-11/h3-4,6,9,11,16-17H,1-2,5,7-8H2. The number of aromatic nitrogens is 1. The monoisotopic (exact) mass is 248 g/mol. The first-order valence-corrected chi connectivity index (χ1v) is 6.70. The van der Waals surface area contributed by atoms with Gasteiger partial charge in [-0.05, 0) is 31.4 Å². The van der Waals surface area contributed by atoms with Gasteiger partial charge in [-0.15, -0.1) is 0 Å². The number of hydrogen-bond donors (Lipinski definition) is 2. The van der Waals surface area contributed by atoms with Crippen molar-refractivity contribution in [3.8, 4) is 0 Å². The molecule has 0 amide bonds. The van der Waals surface area contributed by atoms with Gasteiger partial charge in [-0.1, -0.05) is 36.2 Å². The highest BCUT2D eigenvalue weighted by atomic mass is 35.5. The molecule has 1 saturated heterocycles. The molecule has 1 aliphatic heterocycles. The van der Waals surface area contributed by atoms with Crippen molar-refractivity contribution in [2.45, 2.75) is 31.7 Å². The number of benzene rings is 1. The zero-order chi connectivity index (χ0) is 11.7. The van der Waals surface area contributed by atoms with E-state index in [1.807, 2.05) is 6.20 Å². The molecule has 0 spiro atoms. The van der Waals surface area contributed by atoms with Crippen LogP contribution in [0.4, 0.5) is 0 Å².